The molecule has 0 saturated carbocycles. The highest BCUT2D eigenvalue weighted by molar-refractivity contribution is 5.54. The average Bonchev–Trinajstić information content (AvgIpc) is 2.99. The van der Waals surface area contributed by atoms with Crippen molar-refractivity contribution >= 4 is 11.5 Å². The topological polar surface area (TPSA) is 40.6 Å². The van der Waals surface area contributed by atoms with E-state index in [4.69, 9.17) is 4.74 Å². The minimum absolute atomic E-state index is 0.676. The molecule has 1 N–H and O–H groups in total. The molecule has 2 fully saturated rings. The highest BCUT2D eigenvalue weighted by Gasteiger charge is 2.28. The van der Waals surface area contributed by atoms with Crippen LogP contribution in [-0.4, -0.2) is 61.9 Å². The van der Waals surface area contributed by atoms with Crippen molar-refractivity contribution in [2.75, 3.05) is 56.2 Å². The molecule has 0 spiro atoms. The highest BCUT2D eigenvalue weighted by atomic mass is 16.5. The van der Waals surface area contributed by atoms with E-state index in [0.717, 1.165) is 51.8 Å². The Labute approximate surface area is 120 Å². The van der Waals surface area contributed by atoms with Gasteiger partial charge in [-0.25, -0.2) is 4.98 Å². The first-order valence-electron chi connectivity index (χ1n) is 7.63. The normalized spacial score (nSPS) is 24.1. The van der Waals surface area contributed by atoms with Crippen LogP contribution in [0.2, 0.25) is 0 Å². The molecule has 2 aliphatic heterocycles. The number of hydrogen-bond acceptors (Lipinski definition) is 5. The first-order chi connectivity index (χ1) is 9.86. The number of anilines is 2. The van der Waals surface area contributed by atoms with Crippen molar-refractivity contribution in [2.24, 2.45) is 0 Å². The van der Waals surface area contributed by atoms with Crippen molar-refractivity contribution in [3.63, 3.8) is 0 Å². The summed E-state index contributed by atoms with van der Waals surface area (Å²) < 4.78 is 5.44. The van der Waals surface area contributed by atoms with Crippen molar-refractivity contribution in [3.05, 3.63) is 18.3 Å². The molecule has 0 aliphatic carbocycles. The summed E-state index contributed by atoms with van der Waals surface area (Å²) in [6.07, 6.45) is 3.15. The quantitative estimate of drug-likeness (QED) is 0.901. The minimum Gasteiger partial charge on any atom is -0.379 e. The number of rotatable bonds is 4. The zero-order valence-corrected chi connectivity index (χ0v) is 12.2. The van der Waals surface area contributed by atoms with E-state index in [-0.39, 0.29) is 0 Å². The van der Waals surface area contributed by atoms with Gasteiger partial charge in [-0.3, -0.25) is 4.90 Å². The highest BCUT2D eigenvalue weighted by Crippen LogP contribution is 2.24. The third-order valence-corrected chi connectivity index (χ3v) is 4.19. The van der Waals surface area contributed by atoms with Gasteiger partial charge in [-0.05, 0) is 19.4 Å². The van der Waals surface area contributed by atoms with Gasteiger partial charge in [0, 0.05) is 56.7 Å². The second kappa shape index (κ2) is 6.41. The second-order valence-corrected chi connectivity index (χ2v) is 5.47. The zero-order valence-electron chi connectivity index (χ0n) is 12.2. The summed E-state index contributed by atoms with van der Waals surface area (Å²) in [5.74, 6) is 0.972. The van der Waals surface area contributed by atoms with Crippen LogP contribution in [0, 0.1) is 0 Å². The fourth-order valence-electron chi connectivity index (χ4n) is 3.11. The Morgan fingerprint density at radius 1 is 1.35 bits per heavy atom. The molecule has 1 atom stereocenters. The molecular formula is C15H24N4O. The second-order valence-electron chi connectivity index (χ2n) is 5.47. The van der Waals surface area contributed by atoms with Gasteiger partial charge in [-0.1, -0.05) is 0 Å². The van der Waals surface area contributed by atoms with E-state index >= 15 is 0 Å². The summed E-state index contributed by atoms with van der Waals surface area (Å²) in [5, 5.41) is 3.28. The van der Waals surface area contributed by atoms with Gasteiger partial charge in [0.05, 0.1) is 13.2 Å². The summed E-state index contributed by atoms with van der Waals surface area (Å²) >= 11 is 0. The first-order valence-corrected chi connectivity index (χ1v) is 7.63. The molecule has 1 aromatic heterocycles. The summed E-state index contributed by atoms with van der Waals surface area (Å²) in [6, 6.07) is 4.95. The Bertz CT molecular complexity index is 434. The molecule has 2 aliphatic rings. The van der Waals surface area contributed by atoms with Gasteiger partial charge in [0.15, 0.2) is 0 Å². The molecule has 0 radical (unpaired) electrons. The Morgan fingerprint density at radius 3 is 3.00 bits per heavy atom. The summed E-state index contributed by atoms with van der Waals surface area (Å²) in [7, 11) is 0. The summed E-state index contributed by atoms with van der Waals surface area (Å²) in [4.78, 5) is 9.40. The van der Waals surface area contributed by atoms with Crippen LogP contribution in [0.3, 0.4) is 0 Å². The van der Waals surface area contributed by atoms with Crippen molar-refractivity contribution in [3.8, 4) is 0 Å². The fourth-order valence-corrected chi connectivity index (χ4v) is 3.11. The largest absolute Gasteiger partial charge is 0.379 e. The van der Waals surface area contributed by atoms with Crippen LogP contribution in [0.5, 0.6) is 0 Å². The van der Waals surface area contributed by atoms with Crippen LogP contribution < -0.4 is 10.2 Å². The van der Waals surface area contributed by atoms with E-state index < -0.39 is 0 Å². The lowest BCUT2D eigenvalue weighted by molar-refractivity contribution is 0.0209. The zero-order chi connectivity index (χ0) is 13.8. The van der Waals surface area contributed by atoms with Gasteiger partial charge in [0.1, 0.15) is 5.82 Å². The van der Waals surface area contributed by atoms with Crippen molar-refractivity contribution < 1.29 is 4.74 Å². The van der Waals surface area contributed by atoms with Crippen LogP contribution in [0.15, 0.2) is 18.3 Å². The van der Waals surface area contributed by atoms with Gasteiger partial charge < -0.3 is 15.0 Å². The molecule has 5 heteroatoms. The SMILES string of the molecule is CCNc1cc(N2CCC(N3CCOCC3)C2)ccn1. The van der Waals surface area contributed by atoms with E-state index in [2.05, 4.69) is 39.2 Å². The molecule has 0 amide bonds. The Hall–Kier alpha value is -1.33. The molecule has 0 aromatic carbocycles. The lowest BCUT2D eigenvalue weighted by Crippen LogP contribution is -2.44. The minimum atomic E-state index is 0.676. The Kier molecular flexibility index (Phi) is 4.38. The van der Waals surface area contributed by atoms with Gasteiger partial charge in [0.25, 0.3) is 0 Å². The number of ether oxygens (including phenoxy) is 1. The predicted octanol–water partition coefficient (Wildman–Crippen LogP) is 1.42. The van der Waals surface area contributed by atoms with E-state index in [9.17, 15) is 0 Å². The number of nitrogens with zero attached hydrogens (tertiary/aromatic N) is 3. The molecule has 0 bridgehead atoms. The maximum Gasteiger partial charge on any atom is 0.127 e. The molecule has 3 rings (SSSR count). The number of aromatic nitrogens is 1. The Balaban J connectivity index is 1.62. The maximum atomic E-state index is 5.44. The van der Waals surface area contributed by atoms with Gasteiger partial charge in [0.2, 0.25) is 0 Å². The standard InChI is InChI=1S/C15H24N4O/c1-2-16-15-11-13(3-5-17-15)19-6-4-14(12-19)18-7-9-20-10-8-18/h3,5,11,14H,2,4,6-10,12H2,1H3,(H,16,17). The summed E-state index contributed by atoms with van der Waals surface area (Å²) in [5.41, 5.74) is 1.28. The number of nitrogens with one attached hydrogen (secondary N) is 1. The molecule has 20 heavy (non-hydrogen) atoms. The van der Waals surface area contributed by atoms with Gasteiger partial charge in [-0.2, -0.15) is 0 Å². The third-order valence-electron chi connectivity index (χ3n) is 4.19. The lowest BCUT2D eigenvalue weighted by Gasteiger charge is -2.32. The summed E-state index contributed by atoms with van der Waals surface area (Å²) in [6.45, 7) is 9.19. The molecule has 1 unspecified atom stereocenters. The predicted molar refractivity (Wildman–Crippen MR) is 81.4 cm³/mol. The van der Waals surface area contributed by atoms with Crippen LogP contribution in [0.1, 0.15) is 13.3 Å². The first kappa shape index (κ1) is 13.6. The van der Waals surface area contributed by atoms with Gasteiger partial charge >= 0.3 is 0 Å². The van der Waals surface area contributed by atoms with E-state index in [1.54, 1.807) is 0 Å². The third kappa shape index (κ3) is 3.04. The van der Waals surface area contributed by atoms with Crippen LogP contribution in [0.4, 0.5) is 11.5 Å². The van der Waals surface area contributed by atoms with Crippen molar-refractivity contribution in [1.82, 2.24) is 9.88 Å². The van der Waals surface area contributed by atoms with Crippen LogP contribution in [-0.2, 0) is 4.74 Å². The van der Waals surface area contributed by atoms with Gasteiger partial charge in [-0.15, -0.1) is 0 Å². The number of hydrogen-bond donors (Lipinski definition) is 1. The molecular weight excluding hydrogens is 252 g/mol. The number of pyridine rings is 1. The lowest BCUT2D eigenvalue weighted by atomic mass is 10.2. The number of morpholine rings is 1. The van der Waals surface area contributed by atoms with Crippen molar-refractivity contribution in [1.29, 1.82) is 0 Å². The molecule has 1 aromatic rings. The Morgan fingerprint density at radius 2 is 2.20 bits per heavy atom. The monoisotopic (exact) mass is 276 g/mol. The fraction of sp³-hybridized carbons (Fsp3) is 0.667. The van der Waals surface area contributed by atoms with Crippen LogP contribution in [0.25, 0.3) is 0 Å². The van der Waals surface area contributed by atoms with E-state index in [0.29, 0.717) is 6.04 Å². The average molecular weight is 276 g/mol. The van der Waals surface area contributed by atoms with Crippen molar-refractivity contribution in [2.45, 2.75) is 19.4 Å². The van der Waals surface area contributed by atoms with E-state index in [1.807, 2.05) is 6.20 Å². The molecule has 2 saturated heterocycles. The van der Waals surface area contributed by atoms with Crippen LogP contribution >= 0.6 is 0 Å². The molecule has 3 heterocycles. The smallest absolute Gasteiger partial charge is 0.127 e. The maximum absolute atomic E-state index is 5.44. The van der Waals surface area contributed by atoms with E-state index in [1.165, 1.54) is 12.1 Å². The molecule has 110 valence electrons. The molecule has 5 nitrogen and oxygen atoms in total.